The summed E-state index contributed by atoms with van der Waals surface area (Å²) in [5.41, 5.74) is 2.13. The number of carboxylic acid groups (broad SMARTS) is 1. The minimum absolute atomic E-state index is 0.00288. The number of carboxylic acids is 1. The Balaban J connectivity index is 2.14. The Hall–Kier alpha value is -2.83. The standard InChI is InChI=1S/C19H23NO6/c1-10-11(2)19(24)26-17-12(3)15(8-7-14(10)17)25-13(4)18(23)20-9-5-6-16(21)22/h7-8,13H,5-6,9H2,1-4H3,(H,20,23)(H,21,22)/t13-/m1/s1. The number of aryl methyl sites for hydroxylation is 2. The van der Waals surface area contributed by atoms with Crippen molar-refractivity contribution in [3.63, 3.8) is 0 Å². The predicted octanol–water partition coefficient (Wildman–Crippen LogP) is 2.47. The molecule has 0 saturated carbocycles. The van der Waals surface area contributed by atoms with Crippen LogP contribution in [0.25, 0.3) is 11.0 Å². The zero-order chi connectivity index (χ0) is 19.4. The van der Waals surface area contributed by atoms with Crippen molar-refractivity contribution >= 4 is 22.8 Å². The third kappa shape index (κ3) is 4.22. The lowest BCUT2D eigenvalue weighted by molar-refractivity contribution is -0.137. The molecule has 1 heterocycles. The topological polar surface area (TPSA) is 106 Å². The van der Waals surface area contributed by atoms with Crippen molar-refractivity contribution in [2.75, 3.05) is 6.54 Å². The maximum absolute atomic E-state index is 12.1. The van der Waals surface area contributed by atoms with Crippen LogP contribution < -0.4 is 15.7 Å². The fourth-order valence-electron chi connectivity index (χ4n) is 2.59. The molecule has 0 unspecified atom stereocenters. The van der Waals surface area contributed by atoms with Gasteiger partial charge in [-0.3, -0.25) is 9.59 Å². The maximum Gasteiger partial charge on any atom is 0.339 e. The van der Waals surface area contributed by atoms with Crippen LogP contribution in [0.5, 0.6) is 5.75 Å². The van der Waals surface area contributed by atoms with Gasteiger partial charge in [0, 0.05) is 29.5 Å². The largest absolute Gasteiger partial charge is 0.481 e. The summed E-state index contributed by atoms with van der Waals surface area (Å²) in [7, 11) is 0. The van der Waals surface area contributed by atoms with Crippen molar-refractivity contribution in [3.05, 3.63) is 39.2 Å². The predicted molar refractivity (Wildman–Crippen MR) is 96.7 cm³/mol. The van der Waals surface area contributed by atoms with Gasteiger partial charge < -0.3 is 19.6 Å². The normalized spacial score (nSPS) is 12.0. The number of rotatable bonds is 7. The summed E-state index contributed by atoms with van der Waals surface area (Å²) in [6.07, 6.45) is -0.418. The van der Waals surface area contributed by atoms with E-state index in [4.69, 9.17) is 14.3 Å². The van der Waals surface area contributed by atoms with Gasteiger partial charge in [-0.25, -0.2) is 4.79 Å². The number of aliphatic carboxylic acids is 1. The molecule has 0 spiro atoms. The first kappa shape index (κ1) is 19.5. The highest BCUT2D eigenvalue weighted by Crippen LogP contribution is 2.29. The molecule has 7 heteroatoms. The van der Waals surface area contributed by atoms with Gasteiger partial charge in [0.15, 0.2) is 6.10 Å². The Morgan fingerprint density at radius 3 is 2.54 bits per heavy atom. The number of hydrogen-bond acceptors (Lipinski definition) is 5. The summed E-state index contributed by atoms with van der Waals surface area (Å²) in [5.74, 6) is -0.782. The van der Waals surface area contributed by atoms with Crippen LogP contribution in [0, 0.1) is 20.8 Å². The lowest BCUT2D eigenvalue weighted by atomic mass is 10.0. The third-order valence-electron chi connectivity index (χ3n) is 4.36. The van der Waals surface area contributed by atoms with Gasteiger partial charge in [0.05, 0.1) is 0 Å². The molecule has 2 aromatic rings. The van der Waals surface area contributed by atoms with E-state index in [2.05, 4.69) is 5.32 Å². The van der Waals surface area contributed by atoms with Crippen LogP contribution >= 0.6 is 0 Å². The van der Waals surface area contributed by atoms with Crippen LogP contribution in [0.3, 0.4) is 0 Å². The van der Waals surface area contributed by atoms with Crippen LogP contribution in [-0.2, 0) is 9.59 Å². The van der Waals surface area contributed by atoms with Crippen molar-refractivity contribution in [1.29, 1.82) is 0 Å². The van der Waals surface area contributed by atoms with Gasteiger partial charge in [0.2, 0.25) is 0 Å². The SMILES string of the molecule is Cc1c(C)c2ccc(O[C@H](C)C(=O)NCCCC(=O)O)c(C)c2oc1=O. The molecule has 0 aliphatic rings. The van der Waals surface area contributed by atoms with E-state index in [9.17, 15) is 14.4 Å². The van der Waals surface area contributed by atoms with Gasteiger partial charge in [-0.15, -0.1) is 0 Å². The van der Waals surface area contributed by atoms with Gasteiger partial charge in [0.1, 0.15) is 11.3 Å². The van der Waals surface area contributed by atoms with Gasteiger partial charge in [-0.2, -0.15) is 0 Å². The minimum atomic E-state index is -0.901. The summed E-state index contributed by atoms with van der Waals surface area (Å²) in [6, 6.07) is 3.55. The molecule has 2 N–H and O–H groups in total. The molecular formula is C19H23NO6. The third-order valence-corrected chi connectivity index (χ3v) is 4.36. The number of fused-ring (bicyclic) bond motifs is 1. The highest BCUT2D eigenvalue weighted by atomic mass is 16.5. The summed E-state index contributed by atoms with van der Waals surface area (Å²) < 4.78 is 11.1. The van der Waals surface area contributed by atoms with Gasteiger partial charge in [0.25, 0.3) is 5.91 Å². The van der Waals surface area contributed by atoms with E-state index in [0.717, 1.165) is 10.9 Å². The molecule has 0 radical (unpaired) electrons. The van der Waals surface area contributed by atoms with Crippen molar-refractivity contribution in [3.8, 4) is 5.75 Å². The monoisotopic (exact) mass is 361 g/mol. The second-order valence-electron chi connectivity index (χ2n) is 6.25. The molecule has 1 aromatic carbocycles. The molecule has 0 bridgehead atoms. The number of carbonyl (C=O) groups is 2. The lowest BCUT2D eigenvalue weighted by Crippen LogP contribution is -2.37. The van der Waals surface area contributed by atoms with Crippen molar-refractivity contribution in [1.82, 2.24) is 5.32 Å². The van der Waals surface area contributed by atoms with Gasteiger partial charge in [-0.05, 0) is 51.8 Å². The van der Waals surface area contributed by atoms with Crippen LogP contribution in [0.2, 0.25) is 0 Å². The summed E-state index contributed by atoms with van der Waals surface area (Å²) >= 11 is 0. The fourth-order valence-corrected chi connectivity index (χ4v) is 2.59. The molecule has 0 fully saturated rings. The van der Waals surface area contributed by atoms with Gasteiger partial charge in [-0.1, -0.05) is 0 Å². The van der Waals surface area contributed by atoms with E-state index < -0.39 is 12.1 Å². The molecule has 1 aromatic heterocycles. The molecular weight excluding hydrogens is 338 g/mol. The molecule has 140 valence electrons. The summed E-state index contributed by atoms with van der Waals surface area (Å²) in [5, 5.41) is 12.1. The minimum Gasteiger partial charge on any atom is -0.481 e. The molecule has 1 atom stereocenters. The average molecular weight is 361 g/mol. The van der Waals surface area contributed by atoms with Crippen LogP contribution in [0.15, 0.2) is 21.3 Å². The highest BCUT2D eigenvalue weighted by molar-refractivity contribution is 5.86. The van der Waals surface area contributed by atoms with Crippen LogP contribution in [-0.4, -0.2) is 29.6 Å². The van der Waals surface area contributed by atoms with Crippen LogP contribution in [0.1, 0.15) is 36.5 Å². The Morgan fingerprint density at radius 1 is 1.19 bits per heavy atom. The molecule has 1 amide bonds. The van der Waals surface area contributed by atoms with Crippen molar-refractivity contribution in [2.45, 2.75) is 46.6 Å². The van der Waals surface area contributed by atoms with Gasteiger partial charge >= 0.3 is 11.6 Å². The molecule has 0 saturated heterocycles. The zero-order valence-electron chi connectivity index (χ0n) is 15.3. The van der Waals surface area contributed by atoms with Crippen molar-refractivity contribution < 1.29 is 23.8 Å². The number of ether oxygens (including phenoxy) is 1. The number of amides is 1. The van der Waals surface area contributed by atoms with E-state index in [1.165, 1.54) is 0 Å². The first-order valence-corrected chi connectivity index (χ1v) is 8.42. The molecule has 0 aliphatic heterocycles. The summed E-state index contributed by atoms with van der Waals surface area (Å²) in [6.45, 7) is 7.22. The zero-order valence-corrected chi connectivity index (χ0v) is 15.3. The van der Waals surface area contributed by atoms with E-state index in [-0.39, 0.29) is 24.5 Å². The Morgan fingerprint density at radius 2 is 1.88 bits per heavy atom. The Kier molecular flexibility index (Phi) is 6.02. The smallest absolute Gasteiger partial charge is 0.339 e. The highest BCUT2D eigenvalue weighted by Gasteiger charge is 2.18. The lowest BCUT2D eigenvalue weighted by Gasteiger charge is -2.17. The number of carbonyl (C=O) groups excluding carboxylic acids is 1. The summed E-state index contributed by atoms with van der Waals surface area (Å²) in [4.78, 5) is 34.5. The first-order chi connectivity index (χ1) is 12.2. The van der Waals surface area contributed by atoms with E-state index in [0.29, 0.717) is 28.9 Å². The average Bonchev–Trinajstić information content (AvgIpc) is 2.59. The molecule has 0 aliphatic carbocycles. The Bertz CT molecular complexity index is 899. The number of nitrogens with one attached hydrogen (secondary N) is 1. The molecule has 7 nitrogen and oxygen atoms in total. The molecule has 2 rings (SSSR count). The van der Waals surface area contributed by atoms with Crippen LogP contribution in [0.4, 0.5) is 0 Å². The Labute approximate surface area is 151 Å². The maximum atomic E-state index is 12.1. The van der Waals surface area contributed by atoms with Crippen molar-refractivity contribution in [2.24, 2.45) is 0 Å². The van der Waals surface area contributed by atoms with E-state index in [1.54, 1.807) is 32.9 Å². The molecule has 26 heavy (non-hydrogen) atoms. The second kappa shape index (κ2) is 8.03. The quantitative estimate of drug-likeness (QED) is 0.580. The van der Waals surface area contributed by atoms with E-state index in [1.807, 2.05) is 6.92 Å². The second-order valence-corrected chi connectivity index (χ2v) is 6.25. The first-order valence-electron chi connectivity index (χ1n) is 8.42. The number of benzene rings is 1. The number of hydrogen-bond donors (Lipinski definition) is 2. The van der Waals surface area contributed by atoms with E-state index >= 15 is 0 Å². The fraction of sp³-hybridized carbons (Fsp3) is 0.421.